The summed E-state index contributed by atoms with van der Waals surface area (Å²) < 4.78 is 5.36. The van der Waals surface area contributed by atoms with E-state index in [1.54, 1.807) is 7.11 Å². The van der Waals surface area contributed by atoms with E-state index in [1.807, 2.05) is 48.5 Å². The molecule has 0 amide bonds. The van der Waals surface area contributed by atoms with E-state index in [0.29, 0.717) is 0 Å². The van der Waals surface area contributed by atoms with Crippen molar-refractivity contribution >= 4 is 11.6 Å². The van der Waals surface area contributed by atoms with Crippen LogP contribution in [0.3, 0.4) is 0 Å². The highest BCUT2D eigenvalue weighted by Gasteiger charge is 2.12. The molecule has 0 saturated heterocycles. The van der Waals surface area contributed by atoms with Crippen LogP contribution >= 0.6 is 11.6 Å². The van der Waals surface area contributed by atoms with Gasteiger partial charge >= 0.3 is 0 Å². The predicted molar refractivity (Wildman–Crippen MR) is 82.4 cm³/mol. The molecule has 0 saturated carbocycles. The second-order valence-electron chi connectivity index (χ2n) is 4.90. The average molecular weight is 291 g/mol. The molecule has 0 fully saturated rings. The van der Waals surface area contributed by atoms with Gasteiger partial charge in [0.25, 0.3) is 0 Å². The van der Waals surface area contributed by atoms with Gasteiger partial charge in [-0.3, -0.25) is 0 Å². The summed E-state index contributed by atoms with van der Waals surface area (Å²) in [6.07, 6.45) is 1.62. The molecule has 1 atom stereocenters. The van der Waals surface area contributed by atoms with E-state index in [0.717, 1.165) is 29.2 Å². The topological polar surface area (TPSA) is 29.5 Å². The predicted octanol–water partition coefficient (Wildman–Crippen LogP) is 3.74. The van der Waals surface area contributed by atoms with Crippen LogP contribution in [0.15, 0.2) is 48.5 Å². The zero-order valence-corrected chi connectivity index (χ0v) is 12.3. The molecule has 3 heteroatoms. The van der Waals surface area contributed by atoms with Crippen LogP contribution in [0, 0.1) is 5.92 Å². The van der Waals surface area contributed by atoms with Crippen molar-refractivity contribution in [3.05, 3.63) is 64.7 Å². The molecule has 2 aromatic rings. The number of ether oxygens (including phenoxy) is 1. The van der Waals surface area contributed by atoms with Crippen LogP contribution in [0.5, 0.6) is 5.75 Å². The number of benzene rings is 2. The highest BCUT2D eigenvalue weighted by Crippen LogP contribution is 2.23. The molecule has 0 aromatic heterocycles. The molecule has 0 aliphatic heterocycles. The first-order valence-electron chi connectivity index (χ1n) is 6.70. The maximum absolute atomic E-state index is 9.60. The number of halogens is 1. The summed E-state index contributed by atoms with van der Waals surface area (Å²) >= 11 is 5.89. The van der Waals surface area contributed by atoms with Crippen molar-refractivity contribution in [1.82, 2.24) is 0 Å². The van der Waals surface area contributed by atoms with Crippen molar-refractivity contribution in [2.24, 2.45) is 5.92 Å². The minimum absolute atomic E-state index is 0.153. The third kappa shape index (κ3) is 3.99. The minimum atomic E-state index is 0.153. The van der Waals surface area contributed by atoms with Gasteiger partial charge in [0, 0.05) is 11.6 Å². The standard InChI is InChI=1S/C17H19ClO2/c1-20-17-5-3-2-4-15(17)11-14(12-19)10-13-6-8-16(18)9-7-13/h2-9,14,19H,10-12H2,1H3. The van der Waals surface area contributed by atoms with E-state index in [2.05, 4.69) is 0 Å². The van der Waals surface area contributed by atoms with E-state index >= 15 is 0 Å². The fraction of sp³-hybridized carbons (Fsp3) is 0.294. The molecule has 1 unspecified atom stereocenters. The zero-order chi connectivity index (χ0) is 14.4. The molecule has 2 rings (SSSR count). The summed E-state index contributed by atoms with van der Waals surface area (Å²) in [6.45, 7) is 0.153. The Morgan fingerprint density at radius 3 is 2.40 bits per heavy atom. The molecule has 2 nitrogen and oxygen atoms in total. The van der Waals surface area contributed by atoms with Crippen LogP contribution in [-0.4, -0.2) is 18.8 Å². The van der Waals surface area contributed by atoms with Crippen molar-refractivity contribution in [3.8, 4) is 5.75 Å². The van der Waals surface area contributed by atoms with Crippen molar-refractivity contribution in [3.63, 3.8) is 0 Å². The van der Waals surface area contributed by atoms with E-state index in [4.69, 9.17) is 16.3 Å². The second-order valence-corrected chi connectivity index (χ2v) is 5.33. The SMILES string of the molecule is COc1ccccc1CC(CO)Cc1ccc(Cl)cc1. The lowest BCUT2D eigenvalue weighted by atomic mass is 9.93. The molecular formula is C17H19ClO2. The number of aliphatic hydroxyl groups is 1. The molecule has 0 radical (unpaired) electrons. The maximum Gasteiger partial charge on any atom is 0.122 e. The average Bonchev–Trinajstić information content (AvgIpc) is 2.49. The molecule has 0 heterocycles. The molecule has 0 bridgehead atoms. The fourth-order valence-corrected chi connectivity index (χ4v) is 2.46. The summed E-state index contributed by atoms with van der Waals surface area (Å²) in [5.41, 5.74) is 2.31. The van der Waals surface area contributed by atoms with E-state index < -0.39 is 0 Å². The fourth-order valence-electron chi connectivity index (χ4n) is 2.34. The lowest BCUT2D eigenvalue weighted by Gasteiger charge is -2.16. The lowest BCUT2D eigenvalue weighted by molar-refractivity contribution is 0.224. The van der Waals surface area contributed by atoms with Gasteiger partial charge in [-0.2, -0.15) is 0 Å². The Balaban J connectivity index is 2.07. The normalized spacial score (nSPS) is 12.2. The molecule has 0 spiro atoms. The molecule has 20 heavy (non-hydrogen) atoms. The monoisotopic (exact) mass is 290 g/mol. The van der Waals surface area contributed by atoms with Gasteiger partial charge in [-0.1, -0.05) is 41.9 Å². The Bertz CT molecular complexity index is 537. The van der Waals surface area contributed by atoms with E-state index in [-0.39, 0.29) is 12.5 Å². The number of aliphatic hydroxyl groups excluding tert-OH is 1. The highest BCUT2D eigenvalue weighted by atomic mass is 35.5. The first-order valence-corrected chi connectivity index (χ1v) is 7.08. The molecule has 106 valence electrons. The quantitative estimate of drug-likeness (QED) is 0.878. The summed E-state index contributed by atoms with van der Waals surface area (Å²) in [5, 5.41) is 10.3. The zero-order valence-electron chi connectivity index (χ0n) is 11.6. The molecule has 2 aromatic carbocycles. The minimum Gasteiger partial charge on any atom is -0.496 e. The first-order chi connectivity index (χ1) is 9.72. The maximum atomic E-state index is 9.60. The smallest absolute Gasteiger partial charge is 0.122 e. The summed E-state index contributed by atoms with van der Waals surface area (Å²) in [4.78, 5) is 0. The van der Waals surface area contributed by atoms with Crippen molar-refractivity contribution in [1.29, 1.82) is 0 Å². The van der Waals surface area contributed by atoms with Gasteiger partial charge in [0.1, 0.15) is 5.75 Å². The Labute approximate surface area is 125 Å². The van der Waals surface area contributed by atoms with Gasteiger partial charge in [-0.25, -0.2) is 0 Å². The molecular weight excluding hydrogens is 272 g/mol. The van der Waals surface area contributed by atoms with Crippen LogP contribution in [-0.2, 0) is 12.8 Å². The second kappa shape index (κ2) is 7.32. The van der Waals surface area contributed by atoms with Gasteiger partial charge in [-0.15, -0.1) is 0 Å². The Morgan fingerprint density at radius 1 is 1.05 bits per heavy atom. The summed E-state index contributed by atoms with van der Waals surface area (Å²) in [7, 11) is 1.67. The van der Waals surface area contributed by atoms with Crippen molar-refractivity contribution in [2.45, 2.75) is 12.8 Å². The van der Waals surface area contributed by atoms with Crippen LogP contribution in [0.25, 0.3) is 0 Å². The lowest BCUT2D eigenvalue weighted by Crippen LogP contribution is -2.13. The number of rotatable bonds is 6. The number of methoxy groups -OCH3 is 1. The molecule has 0 aliphatic rings. The van der Waals surface area contributed by atoms with Gasteiger partial charge in [0.05, 0.1) is 7.11 Å². The molecule has 1 N–H and O–H groups in total. The summed E-state index contributed by atoms with van der Waals surface area (Å²) in [5.74, 6) is 1.05. The van der Waals surface area contributed by atoms with Gasteiger partial charge in [-0.05, 0) is 48.1 Å². The largest absolute Gasteiger partial charge is 0.496 e. The summed E-state index contributed by atoms with van der Waals surface area (Å²) in [6, 6.07) is 15.7. The number of hydrogen-bond acceptors (Lipinski definition) is 2. The van der Waals surface area contributed by atoms with Crippen LogP contribution < -0.4 is 4.74 Å². The third-order valence-electron chi connectivity index (χ3n) is 3.40. The van der Waals surface area contributed by atoms with Crippen molar-refractivity contribution in [2.75, 3.05) is 13.7 Å². The van der Waals surface area contributed by atoms with Gasteiger partial charge in [0.15, 0.2) is 0 Å². The van der Waals surface area contributed by atoms with Crippen LogP contribution in [0.1, 0.15) is 11.1 Å². The van der Waals surface area contributed by atoms with E-state index in [9.17, 15) is 5.11 Å². The Kier molecular flexibility index (Phi) is 5.45. The number of para-hydroxylation sites is 1. The van der Waals surface area contributed by atoms with Crippen LogP contribution in [0.4, 0.5) is 0 Å². The van der Waals surface area contributed by atoms with Crippen molar-refractivity contribution < 1.29 is 9.84 Å². The Hall–Kier alpha value is -1.51. The Morgan fingerprint density at radius 2 is 1.75 bits per heavy atom. The highest BCUT2D eigenvalue weighted by molar-refractivity contribution is 6.30. The van der Waals surface area contributed by atoms with Crippen LogP contribution in [0.2, 0.25) is 5.02 Å². The van der Waals surface area contributed by atoms with Gasteiger partial charge in [0.2, 0.25) is 0 Å². The number of hydrogen-bond donors (Lipinski definition) is 1. The van der Waals surface area contributed by atoms with E-state index in [1.165, 1.54) is 5.56 Å². The van der Waals surface area contributed by atoms with Gasteiger partial charge < -0.3 is 9.84 Å². The molecule has 0 aliphatic carbocycles. The third-order valence-corrected chi connectivity index (χ3v) is 3.65. The first kappa shape index (κ1) is 14.9.